The third-order valence-electron chi connectivity index (χ3n) is 5.59. The first kappa shape index (κ1) is 26.0. The highest BCUT2D eigenvalue weighted by molar-refractivity contribution is 14.0. The third-order valence-corrected chi connectivity index (χ3v) is 5.59. The maximum Gasteiger partial charge on any atom is 0.253 e. The number of nitrogens with zero attached hydrogens (tertiary/aromatic N) is 3. The molecule has 1 aliphatic heterocycles. The summed E-state index contributed by atoms with van der Waals surface area (Å²) < 4.78 is 0. The van der Waals surface area contributed by atoms with Crippen molar-refractivity contribution in [3.8, 4) is 0 Å². The van der Waals surface area contributed by atoms with Crippen LogP contribution < -0.4 is 15.5 Å². The lowest BCUT2D eigenvalue weighted by Gasteiger charge is -2.25. The second-order valence-corrected chi connectivity index (χ2v) is 8.21. The lowest BCUT2D eigenvalue weighted by Crippen LogP contribution is -2.43. The summed E-state index contributed by atoms with van der Waals surface area (Å²) in [6.45, 7) is 7.62. The Bertz CT molecular complexity index is 915. The summed E-state index contributed by atoms with van der Waals surface area (Å²) in [5.41, 5.74) is 4.63. The van der Waals surface area contributed by atoms with Crippen LogP contribution in [-0.4, -0.2) is 63.1 Å². The number of anilines is 1. The van der Waals surface area contributed by atoms with Gasteiger partial charge in [-0.15, -0.1) is 24.0 Å². The van der Waals surface area contributed by atoms with Gasteiger partial charge in [0.25, 0.3) is 5.91 Å². The van der Waals surface area contributed by atoms with Gasteiger partial charge in [0, 0.05) is 57.6 Å². The first-order valence-corrected chi connectivity index (χ1v) is 11.2. The van der Waals surface area contributed by atoms with Crippen LogP contribution in [0.25, 0.3) is 0 Å². The van der Waals surface area contributed by atoms with Gasteiger partial charge in [0.15, 0.2) is 5.96 Å². The van der Waals surface area contributed by atoms with Gasteiger partial charge in [0.05, 0.1) is 0 Å². The summed E-state index contributed by atoms with van der Waals surface area (Å²) in [7, 11) is 3.55. The molecule has 1 amide bonds. The van der Waals surface area contributed by atoms with Gasteiger partial charge in [-0.05, 0) is 56.0 Å². The Kier molecular flexibility index (Phi) is 10.3. The molecular formula is C25H36IN5O. The number of fused-ring (bicyclic) bond motifs is 1. The Morgan fingerprint density at radius 3 is 2.69 bits per heavy atom. The highest BCUT2D eigenvalue weighted by Crippen LogP contribution is 2.31. The number of nitrogens with one attached hydrogen (secondary N) is 2. The molecule has 7 heteroatoms. The minimum absolute atomic E-state index is 0. The van der Waals surface area contributed by atoms with Crippen LogP contribution in [0, 0.1) is 0 Å². The predicted molar refractivity (Wildman–Crippen MR) is 145 cm³/mol. The van der Waals surface area contributed by atoms with Crippen LogP contribution in [0.15, 0.2) is 53.5 Å². The molecule has 2 aromatic rings. The zero-order chi connectivity index (χ0) is 22.2. The number of hydrogen-bond donors (Lipinski definition) is 2. The number of guanidine groups is 1. The molecule has 0 aliphatic carbocycles. The molecule has 174 valence electrons. The van der Waals surface area contributed by atoms with Crippen molar-refractivity contribution in [2.75, 3.05) is 45.2 Å². The maximum atomic E-state index is 12.2. The molecule has 0 aromatic heterocycles. The Morgan fingerprint density at radius 1 is 1.16 bits per heavy atom. The summed E-state index contributed by atoms with van der Waals surface area (Å²) in [5.74, 6) is 0.862. The third kappa shape index (κ3) is 6.85. The van der Waals surface area contributed by atoms with Gasteiger partial charge in [-0.3, -0.25) is 9.79 Å². The average Bonchev–Trinajstić information content (AvgIpc) is 3.08. The van der Waals surface area contributed by atoms with Crippen LogP contribution >= 0.6 is 24.0 Å². The van der Waals surface area contributed by atoms with E-state index in [1.54, 1.807) is 19.0 Å². The van der Waals surface area contributed by atoms with E-state index in [9.17, 15) is 4.79 Å². The molecular weight excluding hydrogens is 513 g/mol. The zero-order valence-electron chi connectivity index (χ0n) is 19.6. The minimum atomic E-state index is 0. The van der Waals surface area contributed by atoms with Gasteiger partial charge >= 0.3 is 0 Å². The van der Waals surface area contributed by atoms with E-state index < -0.39 is 0 Å². The van der Waals surface area contributed by atoms with E-state index in [2.05, 4.69) is 59.7 Å². The van der Waals surface area contributed by atoms with Gasteiger partial charge in [-0.25, -0.2) is 0 Å². The molecule has 3 rings (SSSR count). The molecule has 1 heterocycles. The Morgan fingerprint density at radius 2 is 1.94 bits per heavy atom. The summed E-state index contributed by atoms with van der Waals surface area (Å²) in [6, 6.07) is 17.0. The first-order chi connectivity index (χ1) is 15.0. The van der Waals surface area contributed by atoms with Crippen molar-refractivity contribution < 1.29 is 4.79 Å². The number of hydrogen-bond acceptors (Lipinski definition) is 3. The molecule has 0 spiro atoms. The number of benzene rings is 2. The summed E-state index contributed by atoms with van der Waals surface area (Å²) in [4.78, 5) is 21.0. The van der Waals surface area contributed by atoms with Crippen LogP contribution in [0.3, 0.4) is 0 Å². The van der Waals surface area contributed by atoms with Crippen molar-refractivity contribution in [3.63, 3.8) is 0 Å². The van der Waals surface area contributed by atoms with E-state index in [0.29, 0.717) is 12.6 Å². The van der Waals surface area contributed by atoms with Gasteiger partial charge in [-0.2, -0.15) is 0 Å². The van der Waals surface area contributed by atoms with Crippen molar-refractivity contribution in [1.29, 1.82) is 0 Å². The molecule has 0 radical (unpaired) electrons. The highest BCUT2D eigenvalue weighted by Gasteiger charge is 2.24. The lowest BCUT2D eigenvalue weighted by molar-refractivity contribution is 0.0827. The van der Waals surface area contributed by atoms with Crippen molar-refractivity contribution in [2.45, 2.75) is 32.7 Å². The van der Waals surface area contributed by atoms with Gasteiger partial charge in [-0.1, -0.05) is 30.3 Å². The zero-order valence-corrected chi connectivity index (χ0v) is 21.9. The maximum absolute atomic E-state index is 12.2. The number of halogens is 1. The molecule has 1 aliphatic rings. The number of amides is 1. The van der Waals surface area contributed by atoms with E-state index in [4.69, 9.17) is 4.99 Å². The summed E-state index contributed by atoms with van der Waals surface area (Å²) in [5, 5.41) is 6.79. The van der Waals surface area contributed by atoms with Crippen LogP contribution in [0.4, 0.5) is 5.69 Å². The number of carbonyl (C=O) groups is 1. The molecule has 0 saturated heterocycles. The number of aliphatic imine (C=N–C) groups is 1. The van der Waals surface area contributed by atoms with Crippen LogP contribution in [0.1, 0.15) is 35.3 Å². The van der Waals surface area contributed by atoms with Crippen LogP contribution in [0.5, 0.6) is 0 Å². The Balaban J connectivity index is 0.00000363. The SMILES string of the molecule is CCNC(=NCCc1cccc(C(=O)N(C)C)c1)NCCN1c2ccccc2CC1C.I. The molecule has 1 unspecified atom stereocenters. The summed E-state index contributed by atoms with van der Waals surface area (Å²) >= 11 is 0. The topological polar surface area (TPSA) is 60.0 Å². The van der Waals surface area contributed by atoms with E-state index in [1.807, 2.05) is 18.2 Å². The van der Waals surface area contributed by atoms with Gasteiger partial charge < -0.3 is 20.4 Å². The molecule has 32 heavy (non-hydrogen) atoms. The first-order valence-electron chi connectivity index (χ1n) is 11.2. The average molecular weight is 550 g/mol. The lowest BCUT2D eigenvalue weighted by atomic mass is 10.1. The fraction of sp³-hybridized carbons (Fsp3) is 0.440. The Hall–Kier alpha value is -2.29. The van der Waals surface area contributed by atoms with E-state index in [0.717, 1.165) is 49.6 Å². The van der Waals surface area contributed by atoms with Crippen molar-refractivity contribution >= 4 is 41.5 Å². The largest absolute Gasteiger partial charge is 0.367 e. The standard InChI is InChI=1S/C25H35N5O.HI/c1-5-26-25(27-14-13-20-9-8-11-22(18-20)24(31)29(3)4)28-15-16-30-19(2)17-21-10-6-7-12-23(21)30;/h6-12,18-19H,5,13-17H2,1-4H3,(H2,26,27,28);1H. The molecule has 0 fully saturated rings. The second kappa shape index (κ2) is 12.7. The second-order valence-electron chi connectivity index (χ2n) is 8.21. The molecule has 6 nitrogen and oxygen atoms in total. The van der Waals surface area contributed by atoms with E-state index in [1.165, 1.54) is 11.3 Å². The molecule has 2 N–H and O–H groups in total. The minimum Gasteiger partial charge on any atom is -0.367 e. The number of rotatable bonds is 8. The quantitative estimate of drug-likeness (QED) is 0.301. The van der Waals surface area contributed by atoms with Crippen molar-refractivity contribution in [1.82, 2.24) is 15.5 Å². The van der Waals surface area contributed by atoms with Crippen LogP contribution in [0.2, 0.25) is 0 Å². The molecule has 2 aromatic carbocycles. The summed E-state index contributed by atoms with van der Waals surface area (Å²) in [6.07, 6.45) is 1.90. The van der Waals surface area contributed by atoms with Crippen molar-refractivity contribution in [2.24, 2.45) is 4.99 Å². The fourth-order valence-electron chi connectivity index (χ4n) is 4.02. The van der Waals surface area contributed by atoms with Crippen LogP contribution in [-0.2, 0) is 12.8 Å². The number of carbonyl (C=O) groups excluding carboxylic acids is 1. The molecule has 0 bridgehead atoms. The molecule has 1 atom stereocenters. The van der Waals surface area contributed by atoms with Gasteiger partial charge in [0.2, 0.25) is 0 Å². The van der Waals surface area contributed by atoms with Gasteiger partial charge in [0.1, 0.15) is 0 Å². The molecule has 0 saturated carbocycles. The fourth-order valence-corrected chi connectivity index (χ4v) is 4.02. The van der Waals surface area contributed by atoms with E-state index in [-0.39, 0.29) is 29.9 Å². The highest BCUT2D eigenvalue weighted by atomic mass is 127. The predicted octanol–water partition coefficient (Wildman–Crippen LogP) is 3.56. The van der Waals surface area contributed by atoms with E-state index >= 15 is 0 Å². The monoisotopic (exact) mass is 549 g/mol. The number of para-hydroxylation sites is 1. The smallest absolute Gasteiger partial charge is 0.253 e. The van der Waals surface area contributed by atoms with Crippen molar-refractivity contribution in [3.05, 3.63) is 65.2 Å². The Labute approximate surface area is 209 Å². The normalized spacial score (nSPS) is 15.1.